The van der Waals surface area contributed by atoms with Crippen molar-refractivity contribution in [2.45, 2.75) is 69.2 Å². The van der Waals surface area contributed by atoms with E-state index in [-0.39, 0.29) is 0 Å². The molecule has 2 nitrogen and oxygen atoms in total. The molecule has 1 aliphatic carbocycles. The fourth-order valence-electron chi connectivity index (χ4n) is 4.73. The number of piperazine rings is 1. The molecular formula is C17H32N2S. The summed E-state index contributed by atoms with van der Waals surface area (Å²) >= 11 is 2.16. The lowest BCUT2D eigenvalue weighted by Gasteiger charge is -2.48. The summed E-state index contributed by atoms with van der Waals surface area (Å²) in [6, 6.07) is 1.65. The molecule has 3 aliphatic rings. The summed E-state index contributed by atoms with van der Waals surface area (Å²) in [4.78, 5) is 5.67. The Morgan fingerprint density at radius 3 is 2.55 bits per heavy atom. The second-order valence-corrected chi connectivity index (χ2v) is 8.90. The van der Waals surface area contributed by atoms with Crippen molar-refractivity contribution in [2.24, 2.45) is 5.92 Å². The zero-order valence-electron chi connectivity index (χ0n) is 13.6. The average molecular weight is 297 g/mol. The monoisotopic (exact) mass is 296 g/mol. The fourth-order valence-corrected chi connectivity index (χ4v) is 5.73. The van der Waals surface area contributed by atoms with Crippen molar-refractivity contribution in [1.82, 2.24) is 9.80 Å². The van der Waals surface area contributed by atoms with Gasteiger partial charge in [0.15, 0.2) is 0 Å². The number of hydrogen-bond acceptors (Lipinski definition) is 3. The highest BCUT2D eigenvalue weighted by atomic mass is 32.2. The number of nitrogens with zero attached hydrogens (tertiary/aromatic N) is 2. The molecule has 3 fully saturated rings. The first-order valence-electron chi connectivity index (χ1n) is 8.67. The van der Waals surface area contributed by atoms with Crippen LogP contribution in [0.5, 0.6) is 0 Å². The molecule has 2 saturated heterocycles. The number of thioether (sulfide) groups is 1. The van der Waals surface area contributed by atoms with Gasteiger partial charge in [-0.2, -0.15) is 11.8 Å². The SMILES string of the molecule is CSC1(CN2CC3CCCN3CC2C(C)C)CCCC1. The van der Waals surface area contributed by atoms with Gasteiger partial charge < -0.3 is 0 Å². The minimum atomic E-state index is 0.577. The van der Waals surface area contributed by atoms with Crippen molar-refractivity contribution in [3.8, 4) is 0 Å². The van der Waals surface area contributed by atoms with Gasteiger partial charge in [0.1, 0.15) is 0 Å². The van der Waals surface area contributed by atoms with Gasteiger partial charge in [0.05, 0.1) is 0 Å². The van der Waals surface area contributed by atoms with Crippen LogP contribution in [0.2, 0.25) is 0 Å². The second-order valence-electron chi connectivity index (χ2n) is 7.63. The molecular weight excluding hydrogens is 264 g/mol. The van der Waals surface area contributed by atoms with Crippen LogP contribution in [0.25, 0.3) is 0 Å². The minimum Gasteiger partial charge on any atom is -0.298 e. The summed E-state index contributed by atoms with van der Waals surface area (Å²) in [7, 11) is 0. The molecule has 3 heteroatoms. The van der Waals surface area contributed by atoms with Crippen molar-refractivity contribution in [2.75, 3.05) is 32.4 Å². The molecule has 3 rings (SSSR count). The van der Waals surface area contributed by atoms with Crippen LogP contribution in [0.3, 0.4) is 0 Å². The van der Waals surface area contributed by atoms with Gasteiger partial charge >= 0.3 is 0 Å². The lowest BCUT2D eigenvalue weighted by atomic mass is 9.95. The van der Waals surface area contributed by atoms with Gasteiger partial charge in [-0.25, -0.2) is 0 Å². The van der Waals surface area contributed by atoms with Crippen molar-refractivity contribution in [1.29, 1.82) is 0 Å². The van der Waals surface area contributed by atoms with E-state index < -0.39 is 0 Å². The normalized spacial score (nSPS) is 34.8. The maximum absolute atomic E-state index is 2.89. The smallest absolute Gasteiger partial charge is 0.0284 e. The van der Waals surface area contributed by atoms with E-state index in [1.807, 2.05) is 0 Å². The second kappa shape index (κ2) is 6.18. The molecule has 0 bridgehead atoms. The van der Waals surface area contributed by atoms with E-state index in [1.54, 1.807) is 0 Å². The minimum absolute atomic E-state index is 0.577. The lowest BCUT2D eigenvalue weighted by molar-refractivity contribution is 0.0233. The molecule has 2 atom stereocenters. The average Bonchev–Trinajstić information content (AvgIpc) is 3.06. The highest BCUT2D eigenvalue weighted by molar-refractivity contribution is 8.00. The number of fused-ring (bicyclic) bond motifs is 1. The molecule has 1 saturated carbocycles. The summed E-state index contributed by atoms with van der Waals surface area (Å²) < 4.78 is 0.577. The van der Waals surface area contributed by atoms with Gasteiger partial charge in [0.25, 0.3) is 0 Å². The Morgan fingerprint density at radius 2 is 1.90 bits per heavy atom. The van der Waals surface area contributed by atoms with Crippen LogP contribution in [-0.4, -0.2) is 59.1 Å². The maximum atomic E-state index is 2.89. The molecule has 0 amide bonds. The Labute approximate surface area is 129 Å². The molecule has 0 aromatic rings. The number of hydrogen-bond donors (Lipinski definition) is 0. The van der Waals surface area contributed by atoms with Crippen LogP contribution in [0.15, 0.2) is 0 Å². The third-order valence-corrected chi connectivity index (χ3v) is 7.45. The lowest BCUT2D eigenvalue weighted by Crippen LogP contribution is -2.60. The predicted octanol–water partition coefficient (Wildman–Crippen LogP) is 3.47. The van der Waals surface area contributed by atoms with E-state index in [2.05, 4.69) is 41.7 Å². The molecule has 2 unspecified atom stereocenters. The fraction of sp³-hybridized carbons (Fsp3) is 1.00. The molecule has 2 aliphatic heterocycles. The summed E-state index contributed by atoms with van der Waals surface area (Å²) in [5, 5.41) is 0. The summed E-state index contributed by atoms with van der Waals surface area (Å²) in [5.41, 5.74) is 0. The van der Waals surface area contributed by atoms with Crippen molar-refractivity contribution in [3.05, 3.63) is 0 Å². The van der Waals surface area contributed by atoms with Gasteiger partial charge in [-0.05, 0) is 44.4 Å². The van der Waals surface area contributed by atoms with Crippen LogP contribution in [0.4, 0.5) is 0 Å². The topological polar surface area (TPSA) is 6.48 Å². The van der Waals surface area contributed by atoms with Crippen LogP contribution in [0, 0.1) is 5.92 Å². The van der Waals surface area contributed by atoms with Crippen LogP contribution < -0.4 is 0 Å². The quantitative estimate of drug-likeness (QED) is 0.784. The molecule has 0 N–H and O–H groups in total. The molecule has 0 aromatic heterocycles. The van der Waals surface area contributed by atoms with Crippen molar-refractivity contribution < 1.29 is 0 Å². The predicted molar refractivity (Wildman–Crippen MR) is 89.5 cm³/mol. The standard InChI is InChI=1S/C17H32N2S/c1-14(2)16-12-18-10-6-7-15(18)11-19(16)13-17(20-3)8-4-5-9-17/h14-16H,4-13H2,1-3H3. The van der Waals surface area contributed by atoms with E-state index >= 15 is 0 Å². The molecule has 0 aromatic carbocycles. The Morgan fingerprint density at radius 1 is 1.15 bits per heavy atom. The summed E-state index contributed by atoms with van der Waals surface area (Å²) in [6.07, 6.45) is 11.0. The van der Waals surface area contributed by atoms with Gasteiger partial charge in [-0.15, -0.1) is 0 Å². The Hall–Kier alpha value is 0.270. The first kappa shape index (κ1) is 15.2. The molecule has 20 heavy (non-hydrogen) atoms. The van der Waals surface area contributed by atoms with Gasteiger partial charge in [0, 0.05) is 36.5 Å². The summed E-state index contributed by atoms with van der Waals surface area (Å²) in [5.74, 6) is 0.789. The van der Waals surface area contributed by atoms with E-state index in [4.69, 9.17) is 0 Å². The molecule has 2 heterocycles. The van der Waals surface area contributed by atoms with Crippen LogP contribution >= 0.6 is 11.8 Å². The first-order valence-corrected chi connectivity index (χ1v) is 9.89. The number of rotatable bonds is 4. The highest BCUT2D eigenvalue weighted by Crippen LogP contribution is 2.42. The molecule has 0 spiro atoms. The van der Waals surface area contributed by atoms with Crippen molar-refractivity contribution in [3.63, 3.8) is 0 Å². The first-order chi connectivity index (χ1) is 9.63. The van der Waals surface area contributed by atoms with Crippen LogP contribution in [0.1, 0.15) is 52.4 Å². The third-order valence-electron chi connectivity index (χ3n) is 6.04. The van der Waals surface area contributed by atoms with Gasteiger partial charge in [-0.3, -0.25) is 9.80 Å². The Bertz CT molecular complexity index is 325. The van der Waals surface area contributed by atoms with Gasteiger partial charge in [-0.1, -0.05) is 26.7 Å². The van der Waals surface area contributed by atoms with E-state index in [1.165, 1.54) is 64.7 Å². The molecule has 0 radical (unpaired) electrons. The Kier molecular flexibility index (Phi) is 4.69. The molecule has 116 valence electrons. The van der Waals surface area contributed by atoms with E-state index in [0.717, 1.165) is 18.0 Å². The zero-order chi connectivity index (χ0) is 14.2. The van der Waals surface area contributed by atoms with E-state index in [9.17, 15) is 0 Å². The van der Waals surface area contributed by atoms with Gasteiger partial charge in [0.2, 0.25) is 0 Å². The van der Waals surface area contributed by atoms with Crippen molar-refractivity contribution >= 4 is 11.8 Å². The van der Waals surface area contributed by atoms with E-state index in [0.29, 0.717) is 4.75 Å². The highest BCUT2D eigenvalue weighted by Gasteiger charge is 2.42. The third kappa shape index (κ3) is 2.91. The Balaban J connectivity index is 1.71. The van der Waals surface area contributed by atoms with Crippen LogP contribution in [-0.2, 0) is 0 Å². The zero-order valence-corrected chi connectivity index (χ0v) is 14.4. The largest absolute Gasteiger partial charge is 0.298 e. The summed E-state index contributed by atoms with van der Waals surface area (Å²) in [6.45, 7) is 10.2. The maximum Gasteiger partial charge on any atom is 0.0284 e.